The van der Waals surface area contributed by atoms with E-state index in [9.17, 15) is 5.11 Å². The topological polar surface area (TPSA) is 50.7 Å². The number of ether oxygens (including phenoxy) is 2. The monoisotopic (exact) mass is 265 g/mol. The van der Waals surface area contributed by atoms with Gasteiger partial charge in [-0.1, -0.05) is 6.07 Å². The summed E-state index contributed by atoms with van der Waals surface area (Å²) >= 11 is 0. The molecule has 1 saturated carbocycles. The molecule has 1 aromatic carbocycles. The normalized spacial score (nSPS) is 26.0. The van der Waals surface area contributed by atoms with Crippen LogP contribution in [0.1, 0.15) is 24.5 Å². The van der Waals surface area contributed by atoms with Gasteiger partial charge in [0.05, 0.1) is 12.1 Å². The summed E-state index contributed by atoms with van der Waals surface area (Å²) in [4.78, 5) is 0. The Kier molecular flexibility index (Phi) is 4.32. The summed E-state index contributed by atoms with van der Waals surface area (Å²) in [5.41, 5.74) is 2.74. The summed E-state index contributed by atoms with van der Waals surface area (Å²) in [6.45, 7) is 6.53. The smallest absolute Gasteiger partial charge is 0.123 e. The molecule has 4 heteroatoms. The number of phenolic OH excluding ortho intramolecular Hbond substituents is 1. The number of anilines is 1. The van der Waals surface area contributed by atoms with Gasteiger partial charge in [-0.15, -0.1) is 0 Å². The van der Waals surface area contributed by atoms with Crippen molar-refractivity contribution in [2.75, 3.05) is 19.0 Å². The number of aryl methyl sites for hydroxylation is 1. The van der Waals surface area contributed by atoms with Crippen LogP contribution in [0.5, 0.6) is 5.75 Å². The average Bonchev–Trinajstić information content (AvgIpc) is 2.37. The Labute approximate surface area is 114 Å². The van der Waals surface area contributed by atoms with Gasteiger partial charge in [-0.3, -0.25) is 0 Å². The van der Waals surface area contributed by atoms with Gasteiger partial charge in [0.25, 0.3) is 0 Å². The summed E-state index contributed by atoms with van der Waals surface area (Å²) in [6.07, 6.45) is 1.18. The van der Waals surface area contributed by atoms with E-state index in [2.05, 4.69) is 5.32 Å². The van der Waals surface area contributed by atoms with E-state index in [1.54, 1.807) is 7.11 Å². The molecule has 0 bridgehead atoms. The first-order valence-corrected chi connectivity index (χ1v) is 6.78. The lowest BCUT2D eigenvalue weighted by Gasteiger charge is -2.44. The molecule has 1 aliphatic rings. The first-order chi connectivity index (χ1) is 9.08. The van der Waals surface area contributed by atoms with Crippen LogP contribution in [0.4, 0.5) is 5.69 Å². The minimum Gasteiger partial charge on any atom is -0.507 e. The molecule has 1 fully saturated rings. The lowest BCUT2D eigenvalue weighted by molar-refractivity contribution is -0.118. The number of methoxy groups -OCH3 is 1. The van der Waals surface area contributed by atoms with Gasteiger partial charge in [0.2, 0.25) is 0 Å². The van der Waals surface area contributed by atoms with Crippen LogP contribution in [0.2, 0.25) is 0 Å². The molecular weight excluding hydrogens is 242 g/mol. The van der Waals surface area contributed by atoms with Crippen molar-refractivity contribution in [1.82, 2.24) is 0 Å². The largest absolute Gasteiger partial charge is 0.507 e. The van der Waals surface area contributed by atoms with Crippen molar-refractivity contribution in [3.63, 3.8) is 0 Å². The van der Waals surface area contributed by atoms with Crippen LogP contribution < -0.4 is 5.32 Å². The van der Waals surface area contributed by atoms with Crippen molar-refractivity contribution in [2.45, 2.75) is 45.4 Å². The number of nitrogens with one attached hydrogen (secondary N) is 1. The van der Waals surface area contributed by atoms with Gasteiger partial charge < -0.3 is 19.9 Å². The van der Waals surface area contributed by atoms with E-state index >= 15 is 0 Å². The number of aromatic hydroxyl groups is 1. The van der Waals surface area contributed by atoms with E-state index in [1.807, 2.05) is 32.9 Å². The summed E-state index contributed by atoms with van der Waals surface area (Å²) < 4.78 is 11.1. The molecule has 1 aromatic rings. The van der Waals surface area contributed by atoms with Crippen LogP contribution in [0.15, 0.2) is 12.1 Å². The molecular formula is C15H23NO3. The molecule has 3 atom stereocenters. The van der Waals surface area contributed by atoms with Crippen LogP contribution >= 0.6 is 0 Å². The second kappa shape index (κ2) is 5.80. The Bertz CT molecular complexity index is 447. The van der Waals surface area contributed by atoms with Crippen molar-refractivity contribution in [2.24, 2.45) is 0 Å². The van der Waals surface area contributed by atoms with Gasteiger partial charge in [0.15, 0.2) is 0 Å². The molecule has 2 rings (SSSR count). The molecule has 0 saturated heterocycles. The zero-order chi connectivity index (χ0) is 14.0. The number of hydrogen-bond acceptors (Lipinski definition) is 4. The van der Waals surface area contributed by atoms with Crippen molar-refractivity contribution >= 4 is 5.69 Å². The van der Waals surface area contributed by atoms with Crippen molar-refractivity contribution in [3.05, 3.63) is 23.3 Å². The first-order valence-electron chi connectivity index (χ1n) is 6.78. The van der Waals surface area contributed by atoms with Crippen LogP contribution in [0.25, 0.3) is 0 Å². The molecule has 19 heavy (non-hydrogen) atoms. The van der Waals surface area contributed by atoms with Crippen LogP contribution in [0.3, 0.4) is 0 Å². The molecule has 2 N–H and O–H groups in total. The number of benzene rings is 1. The molecule has 0 heterocycles. The standard InChI is InChI=1S/C15H23NO3/c1-5-19-13-8-12(15(13)18-4)16-11-7-6-9(2)14(17)10(11)3/h6-7,12-13,15-17H,5,8H2,1-4H3. The van der Waals surface area contributed by atoms with Crippen molar-refractivity contribution < 1.29 is 14.6 Å². The molecule has 0 spiro atoms. The molecule has 0 aliphatic heterocycles. The lowest BCUT2D eigenvalue weighted by Crippen LogP contribution is -2.56. The molecule has 0 amide bonds. The van der Waals surface area contributed by atoms with E-state index in [4.69, 9.17) is 9.47 Å². The Morgan fingerprint density at radius 1 is 1.37 bits per heavy atom. The highest BCUT2D eigenvalue weighted by Gasteiger charge is 2.42. The second-order valence-electron chi connectivity index (χ2n) is 5.08. The zero-order valence-corrected chi connectivity index (χ0v) is 12.1. The second-order valence-corrected chi connectivity index (χ2v) is 5.08. The predicted molar refractivity (Wildman–Crippen MR) is 75.8 cm³/mol. The Hall–Kier alpha value is -1.26. The lowest BCUT2D eigenvalue weighted by atomic mass is 9.84. The maximum absolute atomic E-state index is 9.95. The summed E-state index contributed by atoms with van der Waals surface area (Å²) in [6, 6.07) is 4.17. The fraction of sp³-hybridized carbons (Fsp3) is 0.600. The van der Waals surface area contributed by atoms with Gasteiger partial charge in [-0.2, -0.15) is 0 Å². The van der Waals surface area contributed by atoms with Gasteiger partial charge in [-0.05, 0) is 38.8 Å². The van der Waals surface area contributed by atoms with Crippen molar-refractivity contribution in [1.29, 1.82) is 0 Å². The highest BCUT2D eigenvalue weighted by atomic mass is 16.5. The maximum Gasteiger partial charge on any atom is 0.123 e. The summed E-state index contributed by atoms with van der Waals surface area (Å²) in [5, 5.41) is 13.4. The maximum atomic E-state index is 9.95. The molecule has 0 aromatic heterocycles. The highest BCUT2D eigenvalue weighted by Crippen LogP contribution is 2.33. The fourth-order valence-corrected chi connectivity index (χ4v) is 2.61. The number of hydrogen-bond donors (Lipinski definition) is 2. The summed E-state index contributed by atoms with van der Waals surface area (Å²) in [5.74, 6) is 0.361. The van der Waals surface area contributed by atoms with E-state index in [1.165, 1.54) is 0 Å². The summed E-state index contributed by atoms with van der Waals surface area (Å²) in [7, 11) is 1.71. The van der Waals surface area contributed by atoms with Gasteiger partial charge in [-0.25, -0.2) is 0 Å². The van der Waals surface area contributed by atoms with E-state index in [-0.39, 0.29) is 18.2 Å². The van der Waals surface area contributed by atoms with Gasteiger partial charge >= 0.3 is 0 Å². The third-order valence-corrected chi connectivity index (χ3v) is 3.88. The molecule has 3 unspecified atom stereocenters. The zero-order valence-electron chi connectivity index (χ0n) is 12.1. The quantitative estimate of drug-likeness (QED) is 0.859. The van der Waals surface area contributed by atoms with E-state index in [0.29, 0.717) is 12.4 Å². The third kappa shape index (κ3) is 2.69. The van der Waals surface area contributed by atoms with Crippen LogP contribution in [-0.4, -0.2) is 37.1 Å². The fourth-order valence-electron chi connectivity index (χ4n) is 2.61. The van der Waals surface area contributed by atoms with Crippen LogP contribution in [-0.2, 0) is 9.47 Å². The molecule has 0 radical (unpaired) electrons. The number of phenols is 1. The minimum absolute atomic E-state index is 0.0720. The Morgan fingerprint density at radius 3 is 2.74 bits per heavy atom. The van der Waals surface area contributed by atoms with E-state index in [0.717, 1.165) is 23.2 Å². The average molecular weight is 265 g/mol. The predicted octanol–water partition coefficient (Wildman–Crippen LogP) is 2.61. The van der Waals surface area contributed by atoms with Gasteiger partial charge in [0, 0.05) is 25.0 Å². The van der Waals surface area contributed by atoms with Crippen molar-refractivity contribution in [3.8, 4) is 5.75 Å². The minimum atomic E-state index is 0.0720. The van der Waals surface area contributed by atoms with Crippen LogP contribution in [0, 0.1) is 13.8 Å². The first kappa shape index (κ1) is 14.2. The molecule has 4 nitrogen and oxygen atoms in total. The molecule has 106 valence electrons. The Balaban J connectivity index is 2.05. The third-order valence-electron chi connectivity index (χ3n) is 3.88. The molecule has 1 aliphatic carbocycles. The Morgan fingerprint density at radius 2 is 2.11 bits per heavy atom. The number of rotatable bonds is 5. The SMILES string of the molecule is CCOC1CC(Nc2ccc(C)c(O)c2C)C1OC. The highest BCUT2D eigenvalue weighted by molar-refractivity contribution is 5.59. The van der Waals surface area contributed by atoms with E-state index < -0.39 is 0 Å². The van der Waals surface area contributed by atoms with Gasteiger partial charge in [0.1, 0.15) is 11.9 Å².